The van der Waals surface area contributed by atoms with Gasteiger partial charge in [0, 0.05) is 16.0 Å². The maximum Gasteiger partial charge on any atom is 0.340 e. The number of hydrogen-bond acceptors (Lipinski definition) is 5. The molecule has 1 N–H and O–H groups in total. The molecule has 5 nitrogen and oxygen atoms in total. The average molecular weight is 407 g/mol. The van der Waals surface area contributed by atoms with Gasteiger partial charge in [-0.3, -0.25) is 9.59 Å². The van der Waals surface area contributed by atoms with E-state index in [2.05, 4.69) is 5.32 Å². The van der Waals surface area contributed by atoms with Crippen LogP contribution in [-0.2, 0) is 14.3 Å². The van der Waals surface area contributed by atoms with E-state index in [0.717, 1.165) is 10.8 Å². The molecule has 0 heterocycles. The SMILES string of the molecule is CC(=O)CSc1ccccc1C(=O)O[C@H](C)C(=O)Nc1cccc2ccccc12. The number of carbonyl (C=O) groups excluding carboxylic acids is 3. The lowest BCUT2D eigenvalue weighted by Gasteiger charge is -2.16. The molecule has 29 heavy (non-hydrogen) atoms. The van der Waals surface area contributed by atoms with Gasteiger partial charge in [-0.1, -0.05) is 48.5 Å². The van der Waals surface area contributed by atoms with Crippen molar-refractivity contribution in [1.82, 2.24) is 0 Å². The Kier molecular flexibility index (Phi) is 6.67. The second-order valence-corrected chi connectivity index (χ2v) is 7.57. The van der Waals surface area contributed by atoms with Crippen LogP contribution in [0.15, 0.2) is 71.6 Å². The maximum atomic E-state index is 12.6. The second-order valence-electron chi connectivity index (χ2n) is 6.55. The Morgan fingerprint density at radius 1 is 0.966 bits per heavy atom. The zero-order valence-electron chi connectivity index (χ0n) is 16.2. The number of amides is 1. The van der Waals surface area contributed by atoms with Crippen LogP contribution in [0.1, 0.15) is 24.2 Å². The minimum absolute atomic E-state index is 0.0148. The molecule has 0 aliphatic carbocycles. The van der Waals surface area contributed by atoms with Crippen LogP contribution in [0.3, 0.4) is 0 Å². The van der Waals surface area contributed by atoms with Gasteiger partial charge in [-0.25, -0.2) is 4.79 Å². The molecule has 3 aromatic carbocycles. The van der Waals surface area contributed by atoms with Crippen molar-refractivity contribution in [2.45, 2.75) is 24.8 Å². The number of benzene rings is 3. The number of carbonyl (C=O) groups is 3. The van der Waals surface area contributed by atoms with Crippen molar-refractivity contribution in [3.05, 3.63) is 72.3 Å². The number of esters is 1. The second kappa shape index (κ2) is 9.39. The van der Waals surface area contributed by atoms with E-state index in [1.807, 2.05) is 42.5 Å². The first-order chi connectivity index (χ1) is 14.0. The van der Waals surface area contributed by atoms with Crippen LogP contribution >= 0.6 is 11.8 Å². The van der Waals surface area contributed by atoms with Gasteiger partial charge in [0.05, 0.1) is 11.3 Å². The Morgan fingerprint density at radius 2 is 1.66 bits per heavy atom. The molecule has 0 bridgehead atoms. The van der Waals surface area contributed by atoms with Crippen molar-refractivity contribution in [3.63, 3.8) is 0 Å². The van der Waals surface area contributed by atoms with Gasteiger partial charge < -0.3 is 10.1 Å². The van der Waals surface area contributed by atoms with Crippen molar-refractivity contribution < 1.29 is 19.1 Å². The van der Waals surface area contributed by atoms with Crippen LogP contribution in [-0.4, -0.2) is 29.5 Å². The van der Waals surface area contributed by atoms with Crippen molar-refractivity contribution in [3.8, 4) is 0 Å². The quantitative estimate of drug-likeness (QED) is 0.454. The normalized spacial score (nSPS) is 11.7. The highest BCUT2D eigenvalue weighted by atomic mass is 32.2. The lowest BCUT2D eigenvalue weighted by atomic mass is 10.1. The molecule has 0 saturated carbocycles. The Balaban J connectivity index is 1.70. The van der Waals surface area contributed by atoms with Gasteiger partial charge in [0.25, 0.3) is 5.91 Å². The number of ketones is 1. The molecular weight excluding hydrogens is 386 g/mol. The summed E-state index contributed by atoms with van der Waals surface area (Å²) in [6.45, 7) is 3.03. The Labute approximate surface area is 173 Å². The number of rotatable bonds is 7. The fourth-order valence-corrected chi connectivity index (χ4v) is 3.63. The minimum Gasteiger partial charge on any atom is -0.449 e. The van der Waals surface area contributed by atoms with Gasteiger partial charge in [-0.2, -0.15) is 0 Å². The molecule has 148 valence electrons. The summed E-state index contributed by atoms with van der Waals surface area (Å²) in [6, 6.07) is 20.2. The van der Waals surface area contributed by atoms with Gasteiger partial charge in [0.15, 0.2) is 6.10 Å². The van der Waals surface area contributed by atoms with Gasteiger partial charge in [0.2, 0.25) is 0 Å². The summed E-state index contributed by atoms with van der Waals surface area (Å²) in [5.74, 6) is -0.733. The van der Waals surface area contributed by atoms with E-state index in [9.17, 15) is 14.4 Å². The Hall–Kier alpha value is -3.12. The molecule has 3 aromatic rings. The number of anilines is 1. The molecule has 3 rings (SSSR count). The summed E-state index contributed by atoms with van der Waals surface area (Å²) in [7, 11) is 0. The van der Waals surface area contributed by atoms with Crippen molar-refractivity contribution in [2.75, 3.05) is 11.1 Å². The molecular formula is C23H21NO4S. The number of ether oxygens (including phenoxy) is 1. The highest BCUT2D eigenvalue weighted by Crippen LogP contribution is 2.25. The number of Topliss-reactive ketones (excluding diaryl/α,β-unsaturated/α-hetero) is 1. The minimum atomic E-state index is -0.979. The zero-order valence-corrected chi connectivity index (χ0v) is 17.0. The van der Waals surface area contributed by atoms with E-state index in [1.165, 1.54) is 25.6 Å². The van der Waals surface area contributed by atoms with E-state index in [0.29, 0.717) is 16.1 Å². The molecule has 0 radical (unpaired) electrons. The first-order valence-corrected chi connectivity index (χ1v) is 10.1. The summed E-state index contributed by atoms with van der Waals surface area (Å²) in [6.07, 6.45) is -0.979. The molecule has 0 aromatic heterocycles. The first-order valence-electron chi connectivity index (χ1n) is 9.16. The molecule has 0 aliphatic rings. The highest BCUT2D eigenvalue weighted by molar-refractivity contribution is 8.00. The van der Waals surface area contributed by atoms with E-state index < -0.39 is 18.0 Å². The monoisotopic (exact) mass is 407 g/mol. The molecule has 0 saturated heterocycles. The molecule has 0 spiro atoms. The lowest BCUT2D eigenvalue weighted by molar-refractivity contribution is -0.123. The van der Waals surface area contributed by atoms with Crippen LogP contribution in [0.25, 0.3) is 10.8 Å². The van der Waals surface area contributed by atoms with E-state index in [-0.39, 0.29) is 11.5 Å². The van der Waals surface area contributed by atoms with Crippen LogP contribution in [0.2, 0.25) is 0 Å². The van der Waals surface area contributed by atoms with Crippen molar-refractivity contribution >= 4 is 45.9 Å². The number of hydrogen-bond donors (Lipinski definition) is 1. The topological polar surface area (TPSA) is 72.5 Å². The predicted molar refractivity (Wildman–Crippen MR) is 115 cm³/mol. The molecule has 0 aliphatic heterocycles. The third kappa shape index (κ3) is 5.23. The molecule has 0 unspecified atom stereocenters. The van der Waals surface area contributed by atoms with Crippen molar-refractivity contribution in [2.24, 2.45) is 0 Å². The summed E-state index contributed by atoms with van der Waals surface area (Å²) >= 11 is 1.27. The molecule has 0 fully saturated rings. The predicted octanol–water partition coefficient (Wildman–Crippen LogP) is 4.70. The standard InChI is InChI=1S/C23H21NO4S/c1-15(25)14-29-21-13-6-5-11-19(21)23(27)28-16(2)22(26)24-20-12-7-9-17-8-3-4-10-18(17)20/h3-13,16H,14H2,1-2H3,(H,24,26)/t16-/m1/s1. The largest absolute Gasteiger partial charge is 0.449 e. The molecule has 1 amide bonds. The van der Waals surface area contributed by atoms with E-state index in [4.69, 9.17) is 4.74 Å². The zero-order chi connectivity index (χ0) is 20.8. The van der Waals surface area contributed by atoms with Crippen molar-refractivity contribution in [1.29, 1.82) is 0 Å². The molecule has 1 atom stereocenters. The van der Waals surface area contributed by atoms with Crippen LogP contribution in [0, 0.1) is 0 Å². The third-order valence-electron chi connectivity index (χ3n) is 4.24. The Morgan fingerprint density at radius 3 is 2.45 bits per heavy atom. The van der Waals surface area contributed by atoms with Crippen LogP contribution in [0.5, 0.6) is 0 Å². The maximum absolute atomic E-state index is 12.6. The average Bonchev–Trinajstić information content (AvgIpc) is 2.72. The van der Waals surface area contributed by atoms with Gasteiger partial charge in [-0.05, 0) is 37.4 Å². The van der Waals surface area contributed by atoms with E-state index >= 15 is 0 Å². The highest BCUT2D eigenvalue weighted by Gasteiger charge is 2.21. The summed E-state index contributed by atoms with van der Waals surface area (Å²) in [5.41, 5.74) is 0.997. The number of thioether (sulfide) groups is 1. The summed E-state index contributed by atoms with van der Waals surface area (Å²) < 4.78 is 5.38. The van der Waals surface area contributed by atoms with Crippen LogP contribution in [0.4, 0.5) is 5.69 Å². The smallest absolute Gasteiger partial charge is 0.340 e. The Bertz CT molecular complexity index is 1060. The van der Waals surface area contributed by atoms with Gasteiger partial charge in [0.1, 0.15) is 5.78 Å². The first kappa shape index (κ1) is 20.6. The van der Waals surface area contributed by atoms with Gasteiger partial charge in [-0.15, -0.1) is 11.8 Å². The fraction of sp³-hybridized carbons (Fsp3) is 0.174. The third-order valence-corrected chi connectivity index (χ3v) is 5.46. The summed E-state index contributed by atoms with van der Waals surface area (Å²) in [5, 5.41) is 4.75. The number of fused-ring (bicyclic) bond motifs is 1. The molecule has 6 heteroatoms. The summed E-state index contributed by atoms with van der Waals surface area (Å²) in [4.78, 5) is 37.1. The van der Waals surface area contributed by atoms with E-state index in [1.54, 1.807) is 24.3 Å². The lowest BCUT2D eigenvalue weighted by Crippen LogP contribution is -2.30. The van der Waals surface area contributed by atoms with Crippen LogP contribution < -0.4 is 5.32 Å². The fourth-order valence-electron chi connectivity index (χ4n) is 2.79. The number of nitrogens with one attached hydrogen (secondary N) is 1. The van der Waals surface area contributed by atoms with Gasteiger partial charge >= 0.3 is 5.97 Å².